The summed E-state index contributed by atoms with van der Waals surface area (Å²) in [5, 5.41) is 12.6. The minimum Gasteiger partial charge on any atom is -0.379 e. The van der Waals surface area contributed by atoms with E-state index in [0.29, 0.717) is 0 Å². The van der Waals surface area contributed by atoms with E-state index >= 15 is 0 Å². The summed E-state index contributed by atoms with van der Waals surface area (Å²) in [5.41, 5.74) is 2.18. The quantitative estimate of drug-likeness (QED) is 0.719. The van der Waals surface area contributed by atoms with Crippen molar-refractivity contribution >= 4 is 16.5 Å². The van der Waals surface area contributed by atoms with Crippen LogP contribution in [0.5, 0.6) is 0 Å². The van der Waals surface area contributed by atoms with E-state index in [-0.39, 0.29) is 0 Å². The van der Waals surface area contributed by atoms with E-state index in [1.54, 1.807) is 6.20 Å². The van der Waals surface area contributed by atoms with Crippen LogP contribution < -0.4 is 5.32 Å². The van der Waals surface area contributed by atoms with E-state index in [1.807, 2.05) is 30.6 Å². The summed E-state index contributed by atoms with van der Waals surface area (Å²) in [6, 6.07) is 10.1. The third kappa shape index (κ3) is 1.97. The Morgan fingerprint density at radius 1 is 1.12 bits per heavy atom. The molecule has 2 heterocycles. The molecule has 0 saturated carbocycles. The summed E-state index contributed by atoms with van der Waals surface area (Å²) in [5.74, 6) is 0. The van der Waals surface area contributed by atoms with Crippen LogP contribution in [0.25, 0.3) is 10.8 Å². The maximum Gasteiger partial charge on any atom is 0.0567 e. The average Bonchev–Trinajstić information content (AvgIpc) is 2.89. The van der Waals surface area contributed by atoms with Crippen molar-refractivity contribution in [1.29, 1.82) is 0 Å². The van der Waals surface area contributed by atoms with Crippen LogP contribution in [0.3, 0.4) is 0 Å². The fourth-order valence-corrected chi connectivity index (χ4v) is 1.85. The van der Waals surface area contributed by atoms with Crippen molar-refractivity contribution in [1.82, 2.24) is 15.2 Å². The van der Waals surface area contributed by atoms with Crippen LogP contribution in [0.1, 0.15) is 5.69 Å². The van der Waals surface area contributed by atoms with Gasteiger partial charge in [0.25, 0.3) is 0 Å². The van der Waals surface area contributed by atoms with Crippen molar-refractivity contribution in [3.05, 3.63) is 54.6 Å². The van der Waals surface area contributed by atoms with Crippen molar-refractivity contribution in [3.8, 4) is 0 Å². The molecule has 0 unspecified atom stereocenters. The lowest BCUT2D eigenvalue weighted by Gasteiger charge is -2.08. The highest BCUT2D eigenvalue weighted by Gasteiger charge is 2.00. The Kier molecular flexibility index (Phi) is 2.46. The van der Waals surface area contributed by atoms with Gasteiger partial charge in [-0.2, -0.15) is 5.10 Å². The number of H-pyrrole nitrogens is 1. The molecule has 4 nitrogen and oxygen atoms in total. The summed E-state index contributed by atoms with van der Waals surface area (Å²) < 4.78 is 0. The lowest BCUT2D eigenvalue weighted by molar-refractivity contribution is 0.982. The van der Waals surface area contributed by atoms with Gasteiger partial charge in [-0.05, 0) is 18.2 Å². The highest BCUT2D eigenvalue weighted by Crippen LogP contribution is 2.22. The second kappa shape index (κ2) is 4.25. The molecule has 17 heavy (non-hydrogen) atoms. The molecule has 3 rings (SSSR count). The molecule has 0 atom stereocenters. The lowest BCUT2D eigenvalue weighted by Crippen LogP contribution is -2.00. The van der Waals surface area contributed by atoms with Gasteiger partial charge in [0.2, 0.25) is 0 Å². The number of nitrogens with one attached hydrogen (secondary N) is 2. The molecular formula is C13H12N4. The largest absolute Gasteiger partial charge is 0.379 e. The first-order valence-corrected chi connectivity index (χ1v) is 5.48. The molecule has 0 radical (unpaired) electrons. The number of fused-ring (bicyclic) bond motifs is 1. The van der Waals surface area contributed by atoms with Gasteiger partial charge in [-0.25, -0.2) is 0 Å². The van der Waals surface area contributed by atoms with Crippen LogP contribution >= 0.6 is 0 Å². The molecule has 3 aromatic rings. The van der Waals surface area contributed by atoms with E-state index in [1.165, 1.54) is 5.39 Å². The molecule has 2 aromatic heterocycles. The van der Waals surface area contributed by atoms with Crippen LogP contribution in [0.2, 0.25) is 0 Å². The van der Waals surface area contributed by atoms with E-state index in [9.17, 15) is 0 Å². The number of hydrogen-bond acceptors (Lipinski definition) is 3. The van der Waals surface area contributed by atoms with Crippen LogP contribution in [0.15, 0.2) is 48.9 Å². The number of hydrogen-bond donors (Lipinski definition) is 2. The zero-order valence-corrected chi connectivity index (χ0v) is 9.22. The van der Waals surface area contributed by atoms with E-state index < -0.39 is 0 Å². The number of pyridine rings is 1. The van der Waals surface area contributed by atoms with E-state index in [0.717, 1.165) is 23.3 Å². The normalized spacial score (nSPS) is 10.6. The van der Waals surface area contributed by atoms with Gasteiger partial charge in [0, 0.05) is 35.1 Å². The Labute approximate surface area is 98.7 Å². The first kappa shape index (κ1) is 9.84. The van der Waals surface area contributed by atoms with Crippen LogP contribution in [-0.4, -0.2) is 15.2 Å². The van der Waals surface area contributed by atoms with Gasteiger partial charge in [0.15, 0.2) is 0 Å². The minimum atomic E-state index is 0.738. The summed E-state index contributed by atoms with van der Waals surface area (Å²) in [7, 11) is 0. The zero-order valence-electron chi connectivity index (χ0n) is 9.22. The average molecular weight is 224 g/mol. The van der Waals surface area contributed by atoms with Crippen molar-refractivity contribution < 1.29 is 0 Å². The van der Waals surface area contributed by atoms with E-state index in [2.05, 4.69) is 32.6 Å². The molecule has 0 spiro atoms. The summed E-state index contributed by atoms with van der Waals surface area (Å²) in [6.45, 7) is 0.738. The fourth-order valence-electron chi connectivity index (χ4n) is 1.85. The maximum atomic E-state index is 4.12. The first-order chi connectivity index (χ1) is 8.43. The Balaban J connectivity index is 1.90. The molecule has 1 aromatic carbocycles. The number of anilines is 1. The second-order valence-electron chi connectivity index (χ2n) is 3.84. The molecule has 84 valence electrons. The Bertz CT molecular complexity index is 611. The Hall–Kier alpha value is -2.36. The Morgan fingerprint density at radius 2 is 2.12 bits per heavy atom. The number of aromatic amines is 1. The van der Waals surface area contributed by atoms with Gasteiger partial charge < -0.3 is 5.32 Å². The van der Waals surface area contributed by atoms with Gasteiger partial charge in [-0.15, -0.1) is 0 Å². The predicted molar refractivity (Wildman–Crippen MR) is 67.7 cm³/mol. The van der Waals surface area contributed by atoms with Crippen molar-refractivity contribution in [2.24, 2.45) is 0 Å². The number of rotatable bonds is 3. The number of nitrogens with zero attached hydrogens (tertiary/aromatic N) is 2. The third-order valence-electron chi connectivity index (χ3n) is 2.71. The van der Waals surface area contributed by atoms with Gasteiger partial charge in [-0.1, -0.05) is 12.1 Å². The molecule has 0 bridgehead atoms. The van der Waals surface area contributed by atoms with Crippen molar-refractivity contribution in [2.45, 2.75) is 6.54 Å². The lowest BCUT2D eigenvalue weighted by atomic mass is 10.1. The van der Waals surface area contributed by atoms with Crippen molar-refractivity contribution in [2.75, 3.05) is 5.32 Å². The molecule has 0 aliphatic rings. The highest BCUT2D eigenvalue weighted by atomic mass is 15.1. The summed E-state index contributed by atoms with van der Waals surface area (Å²) in [6.07, 6.45) is 5.43. The Morgan fingerprint density at radius 3 is 3.00 bits per heavy atom. The first-order valence-electron chi connectivity index (χ1n) is 5.48. The monoisotopic (exact) mass is 224 g/mol. The van der Waals surface area contributed by atoms with Gasteiger partial charge >= 0.3 is 0 Å². The molecule has 0 aliphatic carbocycles. The summed E-state index contributed by atoms with van der Waals surface area (Å²) in [4.78, 5) is 4.12. The molecule has 0 aliphatic heterocycles. The minimum absolute atomic E-state index is 0.738. The van der Waals surface area contributed by atoms with Crippen LogP contribution in [0, 0.1) is 0 Å². The molecular weight excluding hydrogens is 212 g/mol. The van der Waals surface area contributed by atoms with Crippen LogP contribution in [-0.2, 0) is 6.54 Å². The number of benzene rings is 1. The number of aromatic nitrogens is 3. The van der Waals surface area contributed by atoms with E-state index in [4.69, 9.17) is 0 Å². The fraction of sp³-hybridized carbons (Fsp3) is 0.0769. The molecule has 4 heteroatoms. The maximum absolute atomic E-state index is 4.12. The van der Waals surface area contributed by atoms with Gasteiger partial charge in [0.05, 0.1) is 12.2 Å². The van der Waals surface area contributed by atoms with Gasteiger partial charge in [-0.3, -0.25) is 10.1 Å². The zero-order chi connectivity index (χ0) is 11.5. The topological polar surface area (TPSA) is 53.6 Å². The SMILES string of the molecule is c1cc(NCc2ccn[nH]2)c2ccncc2c1. The molecule has 0 amide bonds. The van der Waals surface area contributed by atoms with Crippen molar-refractivity contribution in [3.63, 3.8) is 0 Å². The highest BCUT2D eigenvalue weighted by molar-refractivity contribution is 5.93. The molecule has 0 saturated heterocycles. The smallest absolute Gasteiger partial charge is 0.0567 e. The van der Waals surface area contributed by atoms with Gasteiger partial charge in [0.1, 0.15) is 0 Å². The standard InChI is InChI=1S/C13H12N4/c1-2-10-8-14-6-5-12(10)13(3-1)15-9-11-4-7-16-17-11/h1-8,15H,9H2,(H,16,17). The van der Waals surface area contributed by atoms with Crippen LogP contribution in [0.4, 0.5) is 5.69 Å². The molecule has 2 N–H and O–H groups in total. The summed E-state index contributed by atoms with van der Waals surface area (Å²) >= 11 is 0. The molecule has 0 fully saturated rings. The second-order valence-corrected chi connectivity index (χ2v) is 3.84. The third-order valence-corrected chi connectivity index (χ3v) is 2.71. The predicted octanol–water partition coefficient (Wildman–Crippen LogP) is 2.57.